The van der Waals surface area contributed by atoms with E-state index in [1.54, 1.807) is 12.1 Å². The van der Waals surface area contributed by atoms with Gasteiger partial charge in [-0.1, -0.05) is 146 Å². The third-order valence-electron chi connectivity index (χ3n) is 12.0. The molecule has 0 saturated carbocycles. The number of carbonyl (C=O) groups is 2. The van der Waals surface area contributed by atoms with Gasteiger partial charge in [0.2, 0.25) is 12.8 Å². The maximum atomic E-state index is 11.5. The van der Waals surface area contributed by atoms with Crippen molar-refractivity contribution in [3.8, 4) is 28.4 Å². The molecule has 2 atom stereocenters. The van der Waals surface area contributed by atoms with E-state index in [0.717, 1.165) is 64.5 Å². The first-order valence-electron chi connectivity index (χ1n) is 24.2. The smallest absolute Gasteiger partial charge is 0.211 e. The molecule has 1 fully saturated rings. The van der Waals surface area contributed by atoms with E-state index in [9.17, 15) is 14.7 Å². The number of nitrogens with zero attached hydrogens (tertiary/aromatic N) is 1. The molecule has 1 saturated heterocycles. The van der Waals surface area contributed by atoms with Gasteiger partial charge in [-0.15, -0.1) is 0 Å². The van der Waals surface area contributed by atoms with Gasteiger partial charge in [-0.2, -0.15) is 0 Å². The molecule has 73 heavy (non-hydrogen) atoms. The monoisotopic (exact) mass is 978 g/mol. The molecule has 12 nitrogen and oxygen atoms in total. The standard InChI is InChI=1S/C45H45N3O4.C16H15NO3.H2O/c1-2-51-44-25-23-40(29-41(44)37-16-10-5-11-17-37)47-39-21-18-34(19-22-39)26-27-48(30-35-12-6-3-7-13-35)31-43(50)38-20-24-45(42(28-38)46-33-49)52-32-36-14-8-4-9-15-36;18-11-17-14-8-13(16-10-20-16)6-7-15(14)19-9-12-4-2-1-3-5-12;/h3-25,28-29,33,43,47,50H,2,26-27,30-32H2,1H3,(H,46,49);1-8,11,16H,9-10H2,(H,17,18);1H2/t43-;16-;/m00./s1. The van der Waals surface area contributed by atoms with Crippen molar-refractivity contribution in [3.05, 3.63) is 234 Å². The predicted octanol–water partition coefficient (Wildman–Crippen LogP) is 11.5. The van der Waals surface area contributed by atoms with Crippen molar-refractivity contribution in [2.24, 2.45) is 0 Å². The van der Waals surface area contributed by atoms with Gasteiger partial charge >= 0.3 is 0 Å². The highest BCUT2D eigenvalue weighted by Gasteiger charge is 2.25. The molecule has 1 aliphatic rings. The average molecular weight is 979 g/mol. The van der Waals surface area contributed by atoms with Crippen LogP contribution in [0.3, 0.4) is 0 Å². The zero-order valence-electron chi connectivity index (χ0n) is 40.9. The minimum absolute atomic E-state index is 0. The molecule has 0 radical (unpaired) electrons. The van der Waals surface area contributed by atoms with Crippen LogP contribution in [-0.4, -0.2) is 54.6 Å². The number of rotatable bonds is 24. The van der Waals surface area contributed by atoms with Crippen LogP contribution in [0.15, 0.2) is 200 Å². The Morgan fingerprint density at radius 2 is 1.14 bits per heavy atom. The number of ether oxygens (including phenoxy) is 4. The topological polar surface area (TPSA) is 165 Å². The summed E-state index contributed by atoms with van der Waals surface area (Å²) < 4.78 is 22.9. The quantitative estimate of drug-likeness (QED) is 0.0341. The minimum atomic E-state index is -0.777. The Bertz CT molecular complexity index is 2920. The molecule has 1 aliphatic heterocycles. The van der Waals surface area contributed by atoms with Gasteiger partial charge in [-0.3, -0.25) is 14.5 Å². The Morgan fingerprint density at radius 3 is 1.71 bits per heavy atom. The molecule has 0 spiro atoms. The molecule has 0 unspecified atom stereocenters. The number of hydrogen-bond donors (Lipinski definition) is 4. The number of amides is 2. The molecule has 1 heterocycles. The molecule has 8 aromatic carbocycles. The number of anilines is 4. The van der Waals surface area contributed by atoms with Crippen LogP contribution in [0.5, 0.6) is 17.2 Å². The van der Waals surface area contributed by atoms with Gasteiger partial charge in [0.25, 0.3) is 0 Å². The summed E-state index contributed by atoms with van der Waals surface area (Å²) in [4.78, 5) is 24.4. The van der Waals surface area contributed by atoms with E-state index in [0.29, 0.717) is 74.2 Å². The lowest BCUT2D eigenvalue weighted by Gasteiger charge is -2.26. The van der Waals surface area contributed by atoms with Crippen LogP contribution < -0.4 is 30.2 Å². The van der Waals surface area contributed by atoms with Gasteiger partial charge in [0.1, 0.15) is 36.6 Å². The second-order valence-corrected chi connectivity index (χ2v) is 17.2. The van der Waals surface area contributed by atoms with Gasteiger partial charge in [0, 0.05) is 36.6 Å². The van der Waals surface area contributed by atoms with Crippen LogP contribution in [0.1, 0.15) is 52.5 Å². The molecule has 12 heteroatoms. The molecule has 0 aromatic heterocycles. The van der Waals surface area contributed by atoms with Gasteiger partial charge in [0.05, 0.1) is 30.7 Å². The summed E-state index contributed by atoms with van der Waals surface area (Å²) in [5, 5.41) is 20.4. The lowest BCUT2D eigenvalue weighted by Crippen LogP contribution is -2.30. The molecule has 0 aliphatic carbocycles. The number of carbonyl (C=O) groups excluding carboxylic acids is 2. The number of hydrogen-bond acceptors (Lipinski definition) is 9. The average Bonchev–Trinajstić information content (AvgIpc) is 4.28. The summed E-state index contributed by atoms with van der Waals surface area (Å²) in [6, 6.07) is 66.2. The van der Waals surface area contributed by atoms with Crippen LogP contribution in [0.2, 0.25) is 0 Å². The Labute approximate surface area is 427 Å². The van der Waals surface area contributed by atoms with Crippen LogP contribution in [0.25, 0.3) is 11.1 Å². The van der Waals surface area contributed by atoms with Crippen LogP contribution in [-0.2, 0) is 40.5 Å². The molecule has 6 N–H and O–H groups in total. The highest BCUT2D eigenvalue weighted by Crippen LogP contribution is 2.36. The number of epoxide rings is 1. The Hall–Kier alpha value is -8.26. The second-order valence-electron chi connectivity index (χ2n) is 17.2. The maximum Gasteiger partial charge on any atom is 0.211 e. The molecule has 9 rings (SSSR count). The van der Waals surface area contributed by atoms with Crippen LogP contribution >= 0.6 is 0 Å². The minimum Gasteiger partial charge on any atom is -0.493 e. The lowest BCUT2D eigenvalue weighted by molar-refractivity contribution is -0.106. The summed E-state index contributed by atoms with van der Waals surface area (Å²) in [6.45, 7) is 6.03. The second kappa shape index (κ2) is 27.4. The van der Waals surface area contributed by atoms with Gasteiger partial charge in [-0.25, -0.2) is 0 Å². The fraction of sp³-hybridized carbons (Fsp3) is 0.180. The summed E-state index contributed by atoms with van der Waals surface area (Å²) in [5.74, 6) is 2.07. The molecule has 374 valence electrons. The van der Waals surface area contributed by atoms with E-state index in [-0.39, 0.29) is 11.6 Å². The fourth-order valence-corrected chi connectivity index (χ4v) is 8.19. The van der Waals surface area contributed by atoms with Crippen LogP contribution in [0, 0.1) is 0 Å². The van der Waals surface area contributed by atoms with E-state index in [2.05, 4.69) is 75.4 Å². The predicted molar refractivity (Wildman–Crippen MR) is 289 cm³/mol. The Balaban J connectivity index is 0.000000309. The van der Waals surface area contributed by atoms with Crippen molar-refractivity contribution in [3.63, 3.8) is 0 Å². The van der Waals surface area contributed by atoms with Gasteiger partial charge in [0.15, 0.2) is 0 Å². The van der Waals surface area contributed by atoms with Crippen molar-refractivity contribution >= 4 is 35.6 Å². The first-order valence-corrected chi connectivity index (χ1v) is 24.2. The first-order chi connectivity index (χ1) is 35.4. The number of aliphatic hydroxyl groups is 1. The van der Waals surface area contributed by atoms with E-state index in [4.69, 9.17) is 18.9 Å². The zero-order chi connectivity index (χ0) is 49.7. The highest BCUT2D eigenvalue weighted by atomic mass is 16.6. The van der Waals surface area contributed by atoms with Gasteiger partial charge in [-0.05, 0) is 107 Å². The van der Waals surface area contributed by atoms with Crippen LogP contribution in [0.4, 0.5) is 22.7 Å². The van der Waals surface area contributed by atoms with E-state index < -0.39 is 6.10 Å². The summed E-state index contributed by atoms with van der Waals surface area (Å²) in [6.07, 6.45) is 1.47. The van der Waals surface area contributed by atoms with E-state index >= 15 is 0 Å². The first kappa shape index (κ1) is 52.6. The molecular formula is C61H62N4O8. The number of aliphatic hydroxyl groups excluding tert-OH is 1. The number of nitrogens with one attached hydrogen (secondary N) is 3. The van der Waals surface area contributed by atoms with Crippen molar-refractivity contribution < 1.29 is 39.1 Å². The van der Waals surface area contributed by atoms with Crippen molar-refractivity contribution in [1.29, 1.82) is 0 Å². The fourth-order valence-electron chi connectivity index (χ4n) is 8.19. The largest absolute Gasteiger partial charge is 0.493 e. The Kier molecular flexibility index (Phi) is 19.7. The number of benzene rings is 8. The summed E-state index contributed by atoms with van der Waals surface area (Å²) in [5.41, 5.74) is 11.6. The van der Waals surface area contributed by atoms with Crippen molar-refractivity contribution in [1.82, 2.24) is 4.90 Å². The maximum absolute atomic E-state index is 11.5. The molecular weight excluding hydrogens is 917 g/mol. The summed E-state index contributed by atoms with van der Waals surface area (Å²) >= 11 is 0. The highest BCUT2D eigenvalue weighted by molar-refractivity contribution is 5.78. The van der Waals surface area contributed by atoms with Gasteiger partial charge < -0.3 is 45.5 Å². The molecule has 0 bridgehead atoms. The SMILES string of the molecule is CCOc1ccc(Nc2ccc(CCN(Cc3ccccc3)C[C@H](O)c3ccc(OCc4ccccc4)c(NC=O)c3)cc2)cc1-c1ccccc1.O.O=CNc1cc([C@@H]2CO2)ccc1OCc1ccccc1. The molecule has 2 amide bonds. The summed E-state index contributed by atoms with van der Waals surface area (Å²) in [7, 11) is 0. The van der Waals surface area contributed by atoms with E-state index in [1.807, 2.05) is 140 Å². The van der Waals surface area contributed by atoms with Crippen molar-refractivity contribution in [2.45, 2.75) is 45.3 Å². The third-order valence-corrected chi connectivity index (χ3v) is 12.0. The van der Waals surface area contributed by atoms with E-state index in [1.165, 1.54) is 11.1 Å². The third kappa shape index (κ3) is 15.9. The molecule has 8 aromatic rings. The zero-order valence-corrected chi connectivity index (χ0v) is 40.9. The van der Waals surface area contributed by atoms with Crippen molar-refractivity contribution in [2.75, 3.05) is 42.3 Å². The lowest BCUT2D eigenvalue weighted by atomic mass is 10.0. The Morgan fingerprint density at radius 1 is 0.603 bits per heavy atom. The normalized spacial score (nSPS) is 12.7.